The molecule has 0 saturated heterocycles. The van der Waals surface area contributed by atoms with Crippen molar-refractivity contribution < 1.29 is 18.0 Å². The van der Waals surface area contributed by atoms with E-state index in [9.17, 15) is 18.0 Å². The first-order valence-electron chi connectivity index (χ1n) is 6.29. The van der Waals surface area contributed by atoms with E-state index in [4.69, 9.17) is 11.6 Å². The summed E-state index contributed by atoms with van der Waals surface area (Å²) in [6.07, 6.45) is -4.68. The van der Waals surface area contributed by atoms with E-state index in [2.05, 4.69) is 10.4 Å². The fourth-order valence-corrected chi connectivity index (χ4v) is 2.44. The molecule has 4 nitrogen and oxygen atoms in total. The van der Waals surface area contributed by atoms with Crippen molar-refractivity contribution in [3.63, 3.8) is 0 Å². The zero-order valence-corrected chi connectivity index (χ0v) is 12.8. The first-order valence-corrected chi connectivity index (χ1v) is 6.67. The van der Waals surface area contributed by atoms with Gasteiger partial charge in [0.05, 0.1) is 0 Å². The predicted octanol–water partition coefficient (Wildman–Crippen LogP) is 3.96. The Bertz CT molecular complexity index is 738. The van der Waals surface area contributed by atoms with Crippen molar-refractivity contribution in [1.82, 2.24) is 9.78 Å². The molecule has 1 aromatic heterocycles. The van der Waals surface area contributed by atoms with Crippen LogP contribution in [0.1, 0.15) is 27.3 Å². The Morgan fingerprint density at radius 2 is 1.95 bits per heavy atom. The van der Waals surface area contributed by atoms with Gasteiger partial charge in [0.15, 0.2) is 11.4 Å². The number of rotatable bonds is 2. The van der Waals surface area contributed by atoms with E-state index < -0.39 is 28.5 Å². The molecule has 1 heterocycles. The molecule has 0 unspecified atom stereocenters. The summed E-state index contributed by atoms with van der Waals surface area (Å²) < 4.78 is 39.1. The number of alkyl halides is 3. The number of benzene rings is 1. The van der Waals surface area contributed by atoms with Crippen LogP contribution in [0.5, 0.6) is 0 Å². The molecule has 0 aliphatic rings. The zero-order chi connectivity index (χ0) is 16.7. The lowest BCUT2D eigenvalue weighted by molar-refractivity contribution is -0.143. The van der Waals surface area contributed by atoms with Gasteiger partial charge in [0.1, 0.15) is 5.02 Å². The van der Waals surface area contributed by atoms with E-state index in [1.165, 1.54) is 0 Å². The lowest BCUT2D eigenvalue weighted by atomic mass is 10.1. The van der Waals surface area contributed by atoms with Gasteiger partial charge in [0.2, 0.25) is 0 Å². The molecule has 0 saturated carbocycles. The van der Waals surface area contributed by atoms with Gasteiger partial charge < -0.3 is 5.32 Å². The van der Waals surface area contributed by atoms with Crippen LogP contribution in [0.15, 0.2) is 18.2 Å². The monoisotopic (exact) mass is 331 g/mol. The van der Waals surface area contributed by atoms with Gasteiger partial charge in [-0.3, -0.25) is 9.48 Å². The molecule has 0 atom stereocenters. The van der Waals surface area contributed by atoms with Crippen LogP contribution in [0.3, 0.4) is 0 Å². The average Bonchev–Trinajstić information content (AvgIpc) is 2.67. The minimum Gasteiger partial charge on any atom is -0.320 e. The third-order valence-corrected chi connectivity index (χ3v) is 3.46. The molecule has 0 fully saturated rings. The van der Waals surface area contributed by atoms with Crippen molar-refractivity contribution in [2.45, 2.75) is 20.0 Å². The molecule has 0 spiro atoms. The van der Waals surface area contributed by atoms with E-state index in [0.717, 1.165) is 18.2 Å². The lowest BCUT2D eigenvalue weighted by Gasteiger charge is -2.08. The second-order valence-electron chi connectivity index (χ2n) is 4.91. The third kappa shape index (κ3) is 3.09. The molecule has 2 rings (SSSR count). The highest BCUT2D eigenvalue weighted by Crippen LogP contribution is 2.36. The first-order chi connectivity index (χ1) is 10.1. The van der Waals surface area contributed by atoms with Gasteiger partial charge in [0, 0.05) is 12.7 Å². The second-order valence-corrected chi connectivity index (χ2v) is 5.28. The maximum absolute atomic E-state index is 12.8. The van der Waals surface area contributed by atoms with Crippen LogP contribution in [0.4, 0.5) is 18.9 Å². The average molecular weight is 332 g/mol. The molecule has 0 radical (unpaired) electrons. The number of amides is 1. The number of hydrogen-bond donors (Lipinski definition) is 1. The van der Waals surface area contributed by atoms with Crippen molar-refractivity contribution in [3.8, 4) is 0 Å². The van der Waals surface area contributed by atoms with Gasteiger partial charge in [0.25, 0.3) is 5.91 Å². The number of aryl methyl sites for hydroxylation is 3. The summed E-state index contributed by atoms with van der Waals surface area (Å²) in [5.41, 5.74) is 0.671. The zero-order valence-electron chi connectivity index (χ0n) is 12.0. The number of carbonyl (C=O) groups excluding carboxylic acids is 1. The van der Waals surface area contributed by atoms with E-state index in [1.807, 2.05) is 13.0 Å². The van der Waals surface area contributed by atoms with Gasteiger partial charge in [-0.1, -0.05) is 29.3 Å². The lowest BCUT2D eigenvalue weighted by Crippen LogP contribution is -2.14. The topological polar surface area (TPSA) is 46.9 Å². The maximum atomic E-state index is 12.8. The number of hydrogen-bond acceptors (Lipinski definition) is 2. The molecule has 0 bridgehead atoms. The van der Waals surface area contributed by atoms with Crippen molar-refractivity contribution in [2.75, 3.05) is 5.32 Å². The van der Waals surface area contributed by atoms with E-state index in [-0.39, 0.29) is 0 Å². The van der Waals surface area contributed by atoms with Crippen molar-refractivity contribution in [1.29, 1.82) is 0 Å². The van der Waals surface area contributed by atoms with E-state index >= 15 is 0 Å². The Morgan fingerprint density at radius 1 is 1.32 bits per heavy atom. The Labute approximate surface area is 129 Å². The molecule has 22 heavy (non-hydrogen) atoms. The molecule has 1 N–H and O–H groups in total. The summed E-state index contributed by atoms with van der Waals surface area (Å²) in [6.45, 7) is 3.67. The van der Waals surface area contributed by atoms with Crippen LogP contribution in [-0.4, -0.2) is 15.7 Å². The molecule has 1 amide bonds. The number of carbonyl (C=O) groups is 1. The van der Waals surface area contributed by atoms with Crippen LogP contribution in [0, 0.1) is 13.8 Å². The van der Waals surface area contributed by atoms with Gasteiger partial charge in [-0.25, -0.2) is 0 Å². The normalized spacial score (nSPS) is 11.6. The summed E-state index contributed by atoms with van der Waals surface area (Å²) in [4.78, 5) is 12.1. The molecule has 2 aromatic rings. The van der Waals surface area contributed by atoms with Crippen molar-refractivity contribution >= 4 is 23.2 Å². The molecule has 0 aliphatic carbocycles. The predicted molar refractivity (Wildman–Crippen MR) is 77.1 cm³/mol. The number of nitrogens with zero attached hydrogens (tertiary/aromatic N) is 2. The Balaban J connectivity index is 2.35. The fraction of sp³-hybridized carbons (Fsp3) is 0.286. The summed E-state index contributed by atoms with van der Waals surface area (Å²) in [6, 6.07) is 5.30. The van der Waals surface area contributed by atoms with Crippen LogP contribution in [0.25, 0.3) is 0 Å². The first kappa shape index (κ1) is 16.4. The summed E-state index contributed by atoms with van der Waals surface area (Å²) in [5.74, 6) is -0.789. The van der Waals surface area contributed by atoms with Gasteiger partial charge >= 0.3 is 6.18 Å². The summed E-state index contributed by atoms with van der Waals surface area (Å²) >= 11 is 5.68. The fourth-order valence-electron chi connectivity index (χ4n) is 2.09. The van der Waals surface area contributed by atoms with Crippen molar-refractivity contribution in [3.05, 3.63) is 45.7 Å². The van der Waals surface area contributed by atoms with Crippen LogP contribution >= 0.6 is 11.6 Å². The smallest absolute Gasteiger partial charge is 0.320 e. The molecule has 1 aromatic carbocycles. The second kappa shape index (κ2) is 5.64. The molecular weight excluding hydrogens is 319 g/mol. The molecule has 118 valence electrons. The Hall–Kier alpha value is -2.02. The largest absolute Gasteiger partial charge is 0.434 e. The van der Waals surface area contributed by atoms with Gasteiger partial charge in [-0.2, -0.15) is 18.3 Å². The SMILES string of the molecule is Cc1ccc(NC(=O)c2nn(C)c(C(F)(F)F)c2Cl)c(C)c1. The molecular formula is C14H13ClF3N3O. The quantitative estimate of drug-likeness (QED) is 0.905. The number of nitrogens with one attached hydrogen (secondary N) is 1. The molecule has 8 heteroatoms. The highest BCUT2D eigenvalue weighted by Gasteiger charge is 2.40. The summed E-state index contributed by atoms with van der Waals surface area (Å²) in [5, 5.41) is 5.38. The number of anilines is 1. The van der Waals surface area contributed by atoms with E-state index in [0.29, 0.717) is 10.4 Å². The Kier molecular flexibility index (Phi) is 4.19. The minimum absolute atomic E-state index is 0.462. The number of aromatic nitrogens is 2. The third-order valence-electron chi connectivity index (χ3n) is 3.10. The number of halogens is 4. The van der Waals surface area contributed by atoms with Crippen molar-refractivity contribution in [2.24, 2.45) is 7.05 Å². The maximum Gasteiger partial charge on any atom is 0.434 e. The summed E-state index contributed by atoms with van der Waals surface area (Å²) in [7, 11) is 1.09. The Morgan fingerprint density at radius 3 is 2.45 bits per heavy atom. The van der Waals surface area contributed by atoms with Crippen LogP contribution in [0.2, 0.25) is 5.02 Å². The van der Waals surface area contributed by atoms with Crippen LogP contribution in [-0.2, 0) is 13.2 Å². The highest BCUT2D eigenvalue weighted by atomic mass is 35.5. The van der Waals surface area contributed by atoms with Gasteiger partial charge in [-0.15, -0.1) is 0 Å². The van der Waals surface area contributed by atoms with Gasteiger partial charge in [-0.05, 0) is 25.5 Å². The van der Waals surface area contributed by atoms with E-state index in [1.54, 1.807) is 19.1 Å². The standard InChI is InChI=1S/C14H13ClF3N3O/c1-7-4-5-9(8(2)6-7)19-13(22)11-10(15)12(14(16,17)18)21(3)20-11/h4-6H,1-3H3,(H,19,22). The minimum atomic E-state index is -4.68. The highest BCUT2D eigenvalue weighted by molar-refractivity contribution is 6.34. The molecule has 0 aliphatic heterocycles. The van der Waals surface area contributed by atoms with Crippen LogP contribution < -0.4 is 5.32 Å².